The number of morpholine rings is 1. The van der Waals surface area contributed by atoms with E-state index in [0.717, 1.165) is 10.5 Å². The summed E-state index contributed by atoms with van der Waals surface area (Å²) in [5, 5.41) is 9.02. The molecule has 0 radical (unpaired) electrons. The molecule has 0 spiro atoms. The largest absolute Gasteiger partial charge is 0.465 e. The Balaban J connectivity index is 1.62. The lowest BCUT2D eigenvalue weighted by molar-refractivity contribution is -0.151. The highest BCUT2D eigenvalue weighted by atomic mass is 16.6. The molecule has 3 rings (SSSR count). The van der Waals surface area contributed by atoms with Gasteiger partial charge in [-0.25, -0.2) is 9.59 Å². The Hall–Kier alpha value is -2.08. The summed E-state index contributed by atoms with van der Waals surface area (Å²) in [6.07, 6.45) is -1.60. The summed E-state index contributed by atoms with van der Waals surface area (Å²) in [4.78, 5) is 24.1. The fourth-order valence-electron chi connectivity index (χ4n) is 2.34. The third kappa shape index (κ3) is 2.26. The van der Waals surface area contributed by atoms with E-state index in [-0.39, 0.29) is 25.4 Å². The predicted molar refractivity (Wildman–Crippen MR) is 63.4 cm³/mol. The van der Waals surface area contributed by atoms with Gasteiger partial charge in [-0.15, -0.1) is 0 Å². The van der Waals surface area contributed by atoms with E-state index >= 15 is 0 Å². The first-order valence-electron chi connectivity index (χ1n) is 6.02. The number of hydrogen-bond donors (Lipinski definition) is 1. The number of amides is 1. The fraction of sp³-hybridized carbons (Fsp3) is 0.385. The smallest absolute Gasteiger partial charge is 0.408 e. The summed E-state index contributed by atoms with van der Waals surface area (Å²) in [5.41, 5.74) is 0.865. The van der Waals surface area contributed by atoms with Gasteiger partial charge in [-0.05, 0) is 5.56 Å². The molecule has 1 amide bonds. The lowest BCUT2D eigenvalue weighted by Crippen LogP contribution is -2.45. The molecule has 6 heteroatoms. The maximum atomic E-state index is 12.0. The number of ether oxygens (including phenoxy) is 2. The zero-order chi connectivity index (χ0) is 13.4. The van der Waals surface area contributed by atoms with Crippen LogP contribution in [0.4, 0.5) is 4.79 Å². The quantitative estimate of drug-likeness (QED) is 0.646. The molecule has 19 heavy (non-hydrogen) atoms. The molecule has 2 saturated heterocycles. The molecule has 100 valence electrons. The molecule has 1 aromatic carbocycles. The number of nitrogens with zero attached hydrogens (tertiary/aromatic N) is 1. The maximum absolute atomic E-state index is 12.0. The molecule has 3 atom stereocenters. The van der Waals surface area contributed by atoms with Crippen LogP contribution in [0, 0.1) is 0 Å². The van der Waals surface area contributed by atoms with Crippen molar-refractivity contribution in [3.8, 4) is 0 Å². The molecule has 2 fully saturated rings. The van der Waals surface area contributed by atoms with Crippen molar-refractivity contribution in [3.63, 3.8) is 0 Å². The minimum Gasteiger partial charge on any atom is -0.465 e. The first-order valence-corrected chi connectivity index (χ1v) is 6.02. The number of carbonyl (C=O) groups is 2. The molecular formula is C13H13NO5. The first kappa shape index (κ1) is 12.0. The van der Waals surface area contributed by atoms with Gasteiger partial charge >= 0.3 is 12.1 Å². The minimum absolute atomic E-state index is 0.140. The van der Waals surface area contributed by atoms with Crippen molar-refractivity contribution in [2.24, 2.45) is 0 Å². The van der Waals surface area contributed by atoms with Crippen LogP contribution >= 0.6 is 0 Å². The van der Waals surface area contributed by atoms with E-state index in [2.05, 4.69) is 0 Å². The van der Waals surface area contributed by atoms with Gasteiger partial charge in [0.05, 0.1) is 6.54 Å². The number of hydrogen-bond acceptors (Lipinski definition) is 4. The van der Waals surface area contributed by atoms with Crippen LogP contribution in [-0.4, -0.2) is 46.9 Å². The predicted octanol–water partition coefficient (Wildman–Crippen LogP) is 0.859. The van der Waals surface area contributed by atoms with Crippen molar-refractivity contribution in [3.05, 3.63) is 35.9 Å². The van der Waals surface area contributed by atoms with Gasteiger partial charge in [-0.1, -0.05) is 30.3 Å². The Kier molecular flexibility index (Phi) is 2.87. The highest BCUT2D eigenvalue weighted by Gasteiger charge is 2.60. The zero-order valence-electron chi connectivity index (χ0n) is 10.1. The second kappa shape index (κ2) is 4.55. The third-order valence-electron chi connectivity index (χ3n) is 3.36. The number of carbonyl (C=O) groups excluding carboxylic acids is 1. The summed E-state index contributed by atoms with van der Waals surface area (Å²) in [6, 6.07) is 8.42. The van der Waals surface area contributed by atoms with Crippen LogP contribution < -0.4 is 0 Å². The van der Waals surface area contributed by atoms with E-state index in [1.54, 1.807) is 0 Å². The molecule has 0 bridgehead atoms. The molecular weight excluding hydrogens is 250 g/mol. The Bertz CT molecular complexity index is 503. The summed E-state index contributed by atoms with van der Waals surface area (Å²) in [7, 11) is 0. The number of carboxylic acid groups (broad SMARTS) is 1. The number of esters is 1. The van der Waals surface area contributed by atoms with Crippen LogP contribution in [0.2, 0.25) is 0 Å². The van der Waals surface area contributed by atoms with Crippen molar-refractivity contribution in [1.82, 2.24) is 4.90 Å². The lowest BCUT2D eigenvalue weighted by Gasteiger charge is -2.22. The highest BCUT2D eigenvalue weighted by Crippen LogP contribution is 2.37. The van der Waals surface area contributed by atoms with Gasteiger partial charge in [-0.3, -0.25) is 4.90 Å². The SMILES string of the molecule is O=C(OCc1ccccc1)[C@@H]1[C@@H]2O[C@H]2CN1C(=O)O. The van der Waals surface area contributed by atoms with Crippen LogP contribution in [0.3, 0.4) is 0 Å². The summed E-state index contributed by atoms with van der Waals surface area (Å²) in [6.45, 7) is 0.381. The third-order valence-corrected chi connectivity index (χ3v) is 3.36. The van der Waals surface area contributed by atoms with Gasteiger partial charge in [0.2, 0.25) is 0 Å². The average molecular weight is 263 g/mol. The molecule has 6 nitrogen and oxygen atoms in total. The van der Waals surface area contributed by atoms with Crippen LogP contribution in [0.5, 0.6) is 0 Å². The topological polar surface area (TPSA) is 79.4 Å². The van der Waals surface area contributed by atoms with E-state index < -0.39 is 18.1 Å². The van der Waals surface area contributed by atoms with Crippen molar-refractivity contribution in [2.75, 3.05) is 6.54 Å². The van der Waals surface area contributed by atoms with Crippen molar-refractivity contribution >= 4 is 12.1 Å². The Labute approximate surface area is 109 Å². The van der Waals surface area contributed by atoms with Gasteiger partial charge in [-0.2, -0.15) is 0 Å². The van der Waals surface area contributed by atoms with E-state index in [0.29, 0.717) is 0 Å². The van der Waals surface area contributed by atoms with Gasteiger partial charge in [0.1, 0.15) is 18.8 Å². The number of benzene rings is 1. The standard InChI is InChI=1S/C13H13NO5/c15-12(18-7-8-4-2-1-3-5-8)10-11-9(19-11)6-14(10)13(16)17/h1-5,9-11H,6-7H2,(H,16,17)/t9-,10-,11+/m0/s1. The van der Waals surface area contributed by atoms with E-state index in [1.807, 2.05) is 30.3 Å². The van der Waals surface area contributed by atoms with Crippen molar-refractivity contribution in [2.45, 2.75) is 24.9 Å². The Morgan fingerprint density at radius 3 is 2.79 bits per heavy atom. The molecule has 2 heterocycles. The van der Waals surface area contributed by atoms with Crippen LogP contribution in [0.25, 0.3) is 0 Å². The number of likely N-dealkylation sites (tertiary alicyclic amines) is 1. The molecule has 1 N–H and O–H groups in total. The van der Waals surface area contributed by atoms with Crippen LogP contribution in [-0.2, 0) is 20.9 Å². The Morgan fingerprint density at radius 1 is 1.37 bits per heavy atom. The molecule has 2 aliphatic heterocycles. The summed E-state index contributed by atoms with van der Waals surface area (Å²) < 4.78 is 10.4. The summed E-state index contributed by atoms with van der Waals surface area (Å²) >= 11 is 0. The number of epoxide rings is 1. The normalized spacial score (nSPS) is 27.8. The van der Waals surface area contributed by atoms with Gasteiger partial charge in [0.25, 0.3) is 0 Å². The van der Waals surface area contributed by atoms with Gasteiger partial charge in [0.15, 0.2) is 6.04 Å². The lowest BCUT2D eigenvalue weighted by atomic mass is 10.2. The number of rotatable bonds is 3. The second-order valence-corrected chi connectivity index (χ2v) is 4.61. The molecule has 0 unspecified atom stereocenters. The number of fused-ring (bicyclic) bond motifs is 1. The van der Waals surface area contributed by atoms with Crippen LogP contribution in [0.15, 0.2) is 30.3 Å². The Morgan fingerprint density at radius 2 is 2.11 bits per heavy atom. The fourth-order valence-corrected chi connectivity index (χ4v) is 2.34. The average Bonchev–Trinajstić information content (AvgIpc) is 3.07. The monoisotopic (exact) mass is 263 g/mol. The van der Waals surface area contributed by atoms with Gasteiger partial charge < -0.3 is 14.6 Å². The van der Waals surface area contributed by atoms with Crippen molar-refractivity contribution in [1.29, 1.82) is 0 Å². The van der Waals surface area contributed by atoms with E-state index in [9.17, 15) is 9.59 Å². The van der Waals surface area contributed by atoms with E-state index in [1.165, 1.54) is 0 Å². The van der Waals surface area contributed by atoms with Crippen molar-refractivity contribution < 1.29 is 24.2 Å². The first-order chi connectivity index (χ1) is 9.16. The maximum Gasteiger partial charge on any atom is 0.408 e. The molecule has 0 aromatic heterocycles. The van der Waals surface area contributed by atoms with Crippen LogP contribution in [0.1, 0.15) is 5.56 Å². The zero-order valence-corrected chi connectivity index (χ0v) is 10.1. The second-order valence-electron chi connectivity index (χ2n) is 4.61. The highest BCUT2D eigenvalue weighted by molar-refractivity contribution is 5.83. The minimum atomic E-state index is -1.11. The molecule has 0 aliphatic carbocycles. The molecule has 2 aliphatic rings. The summed E-state index contributed by atoms with van der Waals surface area (Å²) in [5.74, 6) is -0.545. The van der Waals surface area contributed by atoms with Gasteiger partial charge in [0, 0.05) is 0 Å². The molecule has 1 aromatic rings. The molecule has 0 saturated carbocycles. The van der Waals surface area contributed by atoms with E-state index in [4.69, 9.17) is 14.6 Å².